The second-order valence-electron chi connectivity index (χ2n) is 4.59. The molecule has 7 nitrogen and oxygen atoms in total. The monoisotopic (exact) mass is 320 g/mol. The van der Waals surface area contributed by atoms with E-state index in [1.54, 1.807) is 0 Å². The lowest BCUT2D eigenvalue weighted by Gasteiger charge is -2.21. The highest BCUT2D eigenvalue weighted by Crippen LogP contribution is 2.32. The van der Waals surface area contributed by atoms with E-state index in [-0.39, 0.29) is 29.0 Å². The third-order valence-corrected chi connectivity index (χ3v) is 5.87. The van der Waals surface area contributed by atoms with Crippen LogP contribution in [0.25, 0.3) is 0 Å². The number of primary sulfonamides is 1. The molecule has 0 bridgehead atoms. The van der Waals surface area contributed by atoms with E-state index in [9.17, 15) is 16.8 Å². The van der Waals surface area contributed by atoms with Gasteiger partial charge in [0.1, 0.15) is 0 Å². The lowest BCUT2D eigenvalue weighted by molar-refractivity contribution is 0.250. The summed E-state index contributed by atoms with van der Waals surface area (Å²) in [5.74, 6) is 0. The molecule has 0 unspecified atom stereocenters. The Morgan fingerprint density at radius 3 is 2.30 bits per heavy atom. The van der Waals surface area contributed by atoms with Crippen molar-refractivity contribution in [2.75, 3.05) is 13.2 Å². The molecule has 1 aliphatic carbocycles. The third-order valence-electron chi connectivity index (χ3n) is 3.02. The Balaban J connectivity index is 2.43. The molecule has 0 atom stereocenters. The summed E-state index contributed by atoms with van der Waals surface area (Å²) < 4.78 is 48.7. The Labute approximate surface area is 118 Å². The van der Waals surface area contributed by atoms with E-state index in [1.165, 1.54) is 22.5 Å². The quantitative estimate of drug-likeness (QED) is 0.731. The SMILES string of the molecule is NS(=O)(=O)c1cccc(S(=O)(=O)N(CCO)C2CC2)c1. The van der Waals surface area contributed by atoms with Crippen molar-refractivity contribution in [3.63, 3.8) is 0 Å². The summed E-state index contributed by atoms with van der Waals surface area (Å²) in [6.07, 6.45) is 1.49. The van der Waals surface area contributed by atoms with Gasteiger partial charge in [-0.15, -0.1) is 0 Å². The van der Waals surface area contributed by atoms with Crippen LogP contribution >= 0.6 is 0 Å². The summed E-state index contributed by atoms with van der Waals surface area (Å²) in [7, 11) is -7.79. The molecule has 2 rings (SSSR count). The number of hydrogen-bond acceptors (Lipinski definition) is 5. The highest BCUT2D eigenvalue weighted by molar-refractivity contribution is 7.90. The van der Waals surface area contributed by atoms with Gasteiger partial charge < -0.3 is 5.11 Å². The minimum Gasteiger partial charge on any atom is -0.395 e. The molecular weight excluding hydrogens is 304 g/mol. The summed E-state index contributed by atoms with van der Waals surface area (Å²) in [6.45, 7) is -0.294. The van der Waals surface area contributed by atoms with Crippen molar-refractivity contribution in [3.05, 3.63) is 24.3 Å². The average Bonchev–Trinajstić information content (AvgIpc) is 3.19. The zero-order chi connectivity index (χ0) is 15.0. The smallest absolute Gasteiger partial charge is 0.243 e. The van der Waals surface area contributed by atoms with E-state index in [0.29, 0.717) is 0 Å². The van der Waals surface area contributed by atoms with Crippen molar-refractivity contribution in [2.45, 2.75) is 28.7 Å². The molecule has 1 fully saturated rings. The topological polar surface area (TPSA) is 118 Å². The molecule has 3 N–H and O–H groups in total. The molecule has 1 aromatic rings. The number of aliphatic hydroxyl groups is 1. The van der Waals surface area contributed by atoms with E-state index in [4.69, 9.17) is 10.2 Å². The number of hydrogen-bond donors (Lipinski definition) is 2. The van der Waals surface area contributed by atoms with E-state index in [1.807, 2.05) is 0 Å². The highest BCUT2D eigenvalue weighted by atomic mass is 32.2. The normalized spacial score (nSPS) is 16.6. The molecule has 1 aromatic carbocycles. The van der Waals surface area contributed by atoms with Gasteiger partial charge in [0.05, 0.1) is 16.4 Å². The average molecular weight is 320 g/mol. The molecule has 1 aliphatic rings. The number of benzene rings is 1. The van der Waals surface area contributed by atoms with E-state index in [2.05, 4.69) is 0 Å². The zero-order valence-corrected chi connectivity index (χ0v) is 12.3. The molecule has 1 saturated carbocycles. The van der Waals surface area contributed by atoms with Crippen LogP contribution in [0.5, 0.6) is 0 Å². The Bertz CT molecular complexity index is 695. The molecular formula is C11H16N2O5S2. The van der Waals surface area contributed by atoms with Crippen LogP contribution in [0.15, 0.2) is 34.1 Å². The molecule has 0 radical (unpaired) electrons. The molecule has 112 valence electrons. The van der Waals surface area contributed by atoms with Gasteiger partial charge in [-0.1, -0.05) is 6.07 Å². The Kier molecular flexibility index (Phi) is 4.17. The first kappa shape index (κ1) is 15.4. The second kappa shape index (κ2) is 5.41. The summed E-state index contributed by atoms with van der Waals surface area (Å²) in [4.78, 5) is -0.386. The summed E-state index contributed by atoms with van der Waals surface area (Å²) in [5, 5.41) is 14.0. The first-order valence-corrected chi connectivity index (χ1v) is 9.01. The minimum atomic E-state index is -3.96. The van der Waals surface area contributed by atoms with Crippen LogP contribution in [-0.2, 0) is 20.0 Å². The fraction of sp³-hybridized carbons (Fsp3) is 0.455. The first-order chi connectivity index (χ1) is 9.26. The van der Waals surface area contributed by atoms with Gasteiger partial charge in [0.2, 0.25) is 20.0 Å². The number of nitrogens with zero attached hydrogens (tertiary/aromatic N) is 1. The molecule has 0 heterocycles. The lowest BCUT2D eigenvalue weighted by Crippen LogP contribution is -2.35. The molecule has 20 heavy (non-hydrogen) atoms. The van der Waals surface area contributed by atoms with Crippen LogP contribution in [0.1, 0.15) is 12.8 Å². The third kappa shape index (κ3) is 3.18. The van der Waals surface area contributed by atoms with Gasteiger partial charge in [-0.25, -0.2) is 22.0 Å². The number of rotatable bonds is 6. The second-order valence-corrected chi connectivity index (χ2v) is 8.04. The van der Waals surface area contributed by atoms with Gasteiger partial charge in [0.25, 0.3) is 0 Å². The Morgan fingerprint density at radius 2 is 1.80 bits per heavy atom. The maximum absolute atomic E-state index is 12.5. The van der Waals surface area contributed by atoms with Crippen LogP contribution in [0.2, 0.25) is 0 Å². The standard InChI is InChI=1S/C11H16N2O5S2/c12-19(15,16)10-2-1-3-11(8-10)20(17,18)13(6-7-14)9-4-5-9/h1-3,8-9,14H,4-7H2,(H2,12,15,16). The Morgan fingerprint density at radius 1 is 1.20 bits per heavy atom. The van der Waals surface area contributed by atoms with Crippen molar-refractivity contribution in [2.24, 2.45) is 5.14 Å². The highest BCUT2D eigenvalue weighted by Gasteiger charge is 2.37. The Hall–Kier alpha value is -1.00. The lowest BCUT2D eigenvalue weighted by atomic mass is 10.4. The van der Waals surface area contributed by atoms with E-state index in [0.717, 1.165) is 18.9 Å². The van der Waals surface area contributed by atoms with Gasteiger partial charge in [0.15, 0.2) is 0 Å². The first-order valence-electron chi connectivity index (χ1n) is 6.02. The summed E-state index contributed by atoms with van der Waals surface area (Å²) in [5.41, 5.74) is 0. The van der Waals surface area contributed by atoms with Crippen LogP contribution in [0.4, 0.5) is 0 Å². The van der Waals surface area contributed by atoms with Gasteiger partial charge in [-0.05, 0) is 31.0 Å². The minimum absolute atomic E-state index is 0.00734. The van der Waals surface area contributed by atoms with Crippen LogP contribution in [0, 0.1) is 0 Å². The van der Waals surface area contributed by atoms with Crippen molar-refractivity contribution >= 4 is 20.0 Å². The molecule has 0 amide bonds. The predicted octanol–water partition coefficient (Wildman–Crippen LogP) is -0.521. The molecule has 0 saturated heterocycles. The molecule has 9 heteroatoms. The van der Waals surface area contributed by atoms with E-state index < -0.39 is 20.0 Å². The number of sulfonamides is 2. The van der Waals surface area contributed by atoms with Crippen molar-refractivity contribution in [3.8, 4) is 0 Å². The number of aliphatic hydroxyl groups excluding tert-OH is 1. The van der Waals surface area contributed by atoms with Crippen molar-refractivity contribution in [1.29, 1.82) is 0 Å². The van der Waals surface area contributed by atoms with E-state index >= 15 is 0 Å². The fourth-order valence-electron chi connectivity index (χ4n) is 1.91. The van der Waals surface area contributed by atoms with Crippen LogP contribution in [-0.4, -0.2) is 45.4 Å². The maximum atomic E-state index is 12.5. The zero-order valence-electron chi connectivity index (χ0n) is 10.6. The van der Waals surface area contributed by atoms with Gasteiger partial charge >= 0.3 is 0 Å². The largest absolute Gasteiger partial charge is 0.395 e. The molecule has 0 aliphatic heterocycles. The van der Waals surface area contributed by atoms with Crippen LogP contribution < -0.4 is 5.14 Å². The van der Waals surface area contributed by atoms with Gasteiger partial charge in [-0.2, -0.15) is 4.31 Å². The van der Waals surface area contributed by atoms with Crippen molar-refractivity contribution in [1.82, 2.24) is 4.31 Å². The maximum Gasteiger partial charge on any atom is 0.243 e. The van der Waals surface area contributed by atoms with Crippen LogP contribution in [0.3, 0.4) is 0 Å². The number of nitrogens with two attached hydrogens (primary N) is 1. The summed E-state index contributed by atoms with van der Waals surface area (Å²) >= 11 is 0. The predicted molar refractivity (Wildman–Crippen MR) is 71.8 cm³/mol. The fourth-order valence-corrected chi connectivity index (χ4v) is 4.26. The van der Waals surface area contributed by atoms with Gasteiger partial charge in [-0.3, -0.25) is 0 Å². The molecule has 0 aromatic heterocycles. The summed E-state index contributed by atoms with van der Waals surface area (Å²) in [6, 6.07) is 4.80. The van der Waals surface area contributed by atoms with Crippen molar-refractivity contribution < 1.29 is 21.9 Å². The van der Waals surface area contributed by atoms with Gasteiger partial charge in [0, 0.05) is 12.6 Å². The molecule has 0 spiro atoms.